The van der Waals surface area contributed by atoms with Gasteiger partial charge in [0, 0.05) is 17.3 Å². The molecule has 2 rings (SSSR count). The summed E-state index contributed by atoms with van der Waals surface area (Å²) in [6.07, 6.45) is 1.46. The molecular formula is C13H8ClFN2O. The summed E-state index contributed by atoms with van der Waals surface area (Å²) in [6, 6.07) is 7.65. The van der Waals surface area contributed by atoms with Crippen LogP contribution in [0.15, 0.2) is 30.5 Å². The van der Waals surface area contributed by atoms with Crippen LogP contribution in [0.4, 0.5) is 4.39 Å². The standard InChI is InChI=1S/C13H8ClFN2O/c1-18-12-3-2-8(15)6-10(12)9-4-5-17-13(14)11(9)7-16/h2-6H,1H3. The molecule has 0 saturated heterocycles. The second-order valence-electron chi connectivity index (χ2n) is 3.48. The van der Waals surface area contributed by atoms with Crippen LogP contribution >= 0.6 is 11.6 Å². The molecule has 5 heteroatoms. The number of hydrogen-bond acceptors (Lipinski definition) is 3. The van der Waals surface area contributed by atoms with Gasteiger partial charge in [0.1, 0.15) is 22.8 Å². The van der Waals surface area contributed by atoms with Crippen molar-refractivity contribution < 1.29 is 9.13 Å². The van der Waals surface area contributed by atoms with Crippen molar-refractivity contribution in [2.45, 2.75) is 0 Å². The minimum Gasteiger partial charge on any atom is -0.496 e. The van der Waals surface area contributed by atoms with Crippen molar-refractivity contribution in [2.75, 3.05) is 7.11 Å². The first-order valence-corrected chi connectivity index (χ1v) is 5.43. The third-order valence-electron chi connectivity index (χ3n) is 2.47. The van der Waals surface area contributed by atoms with Crippen LogP contribution in [-0.4, -0.2) is 12.1 Å². The van der Waals surface area contributed by atoms with Gasteiger partial charge in [0.05, 0.1) is 12.7 Å². The smallest absolute Gasteiger partial charge is 0.147 e. The van der Waals surface area contributed by atoms with Crippen molar-refractivity contribution in [1.82, 2.24) is 4.98 Å². The van der Waals surface area contributed by atoms with Crippen molar-refractivity contribution >= 4 is 11.6 Å². The van der Waals surface area contributed by atoms with Gasteiger partial charge in [-0.2, -0.15) is 5.26 Å². The number of methoxy groups -OCH3 is 1. The maximum Gasteiger partial charge on any atom is 0.147 e. The Kier molecular flexibility index (Phi) is 3.45. The van der Waals surface area contributed by atoms with E-state index in [1.807, 2.05) is 6.07 Å². The average Bonchev–Trinajstić information content (AvgIpc) is 2.38. The highest BCUT2D eigenvalue weighted by atomic mass is 35.5. The first-order valence-electron chi connectivity index (χ1n) is 5.06. The van der Waals surface area contributed by atoms with Crippen molar-refractivity contribution in [3.63, 3.8) is 0 Å². The van der Waals surface area contributed by atoms with E-state index in [1.54, 1.807) is 6.07 Å². The van der Waals surface area contributed by atoms with Gasteiger partial charge < -0.3 is 4.74 Å². The lowest BCUT2D eigenvalue weighted by Crippen LogP contribution is -1.93. The molecule has 18 heavy (non-hydrogen) atoms. The molecule has 0 amide bonds. The zero-order valence-electron chi connectivity index (χ0n) is 9.45. The number of ether oxygens (including phenoxy) is 1. The molecule has 0 N–H and O–H groups in total. The normalized spacial score (nSPS) is 9.89. The van der Waals surface area contributed by atoms with Gasteiger partial charge in [-0.1, -0.05) is 11.6 Å². The second kappa shape index (κ2) is 5.03. The number of hydrogen-bond donors (Lipinski definition) is 0. The van der Waals surface area contributed by atoms with Gasteiger partial charge in [0.25, 0.3) is 0 Å². The lowest BCUT2D eigenvalue weighted by molar-refractivity contribution is 0.415. The van der Waals surface area contributed by atoms with E-state index >= 15 is 0 Å². The maximum atomic E-state index is 13.3. The Balaban J connectivity index is 2.73. The van der Waals surface area contributed by atoms with Gasteiger partial charge >= 0.3 is 0 Å². The summed E-state index contributed by atoms with van der Waals surface area (Å²) in [6.45, 7) is 0. The summed E-state index contributed by atoms with van der Waals surface area (Å²) in [5, 5.41) is 9.17. The number of aromatic nitrogens is 1. The Morgan fingerprint density at radius 2 is 2.11 bits per heavy atom. The second-order valence-corrected chi connectivity index (χ2v) is 3.84. The highest BCUT2D eigenvalue weighted by Gasteiger charge is 2.14. The molecule has 0 radical (unpaired) electrons. The highest BCUT2D eigenvalue weighted by Crippen LogP contribution is 2.34. The molecule has 0 spiro atoms. The molecule has 90 valence electrons. The molecule has 0 bridgehead atoms. The van der Waals surface area contributed by atoms with E-state index in [4.69, 9.17) is 21.6 Å². The van der Waals surface area contributed by atoms with Crippen LogP contribution in [0.5, 0.6) is 5.75 Å². The molecule has 1 aromatic carbocycles. The molecule has 0 aliphatic rings. The number of benzene rings is 1. The largest absolute Gasteiger partial charge is 0.496 e. The fourth-order valence-corrected chi connectivity index (χ4v) is 1.86. The predicted octanol–water partition coefficient (Wildman–Crippen LogP) is 3.42. The first-order chi connectivity index (χ1) is 8.67. The van der Waals surface area contributed by atoms with Gasteiger partial charge in [-0.15, -0.1) is 0 Å². The van der Waals surface area contributed by atoms with Crippen LogP contribution in [0, 0.1) is 17.1 Å². The van der Waals surface area contributed by atoms with Crippen LogP contribution in [0.1, 0.15) is 5.56 Å². The topological polar surface area (TPSA) is 45.9 Å². The maximum absolute atomic E-state index is 13.3. The molecule has 1 heterocycles. The minimum absolute atomic E-state index is 0.0846. The zero-order valence-corrected chi connectivity index (χ0v) is 10.2. The summed E-state index contributed by atoms with van der Waals surface area (Å²) in [5.41, 5.74) is 1.16. The fourth-order valence-electron chi connectivity index (χ4n) is 1.66. The van der Waals surface area contributed by atoms with Crippen molar-refractivity contribution in [1.29, 1.82) is 5.26 Å². The Hall–Kier alpha value is -2.12. The van der Waals surface area contributed by atoms with Gasteiger partial charge in [-0.25, -0.2) is 9.37 Å². The molecule has 2 aromatic rings. The summed E-state index contributed by atoms with van der Waals surface area (Å²) < 4.78 is 18.5. The Bertz CT molecular complexity index is 637. The SMILES string of the molecule is COc1ccc(F)cc1-c1ccnc(Cl)c1C#N. The Morgan fingerprint density at radius 3 is 2.78 bits per heavy atom. The summed E-state index contributed by atoms with van der Waals surface area (Å²) >= 11 is 5.85. The van der Waals surface area contributed by atoms with Crippen molar-refractivity contribution in [3.05, 3.63) is 47.0 Å². The van der Waals surface area contributed by atoms with E-state index in [0.717, 1.165) is 0 Å². The van der Waals surface area contributed by atoms with Crippen molar-refractivity contribution in [2.24, 2.45) is 0 Å². The predicted molar refractivity (Wildman–Crippen MR) is 65.9 cm³/mol. The molecule has 3 nitrogen and oxygen atoms in total. The van der Waals surface area contributed by atoms with Gasteiger partial charge in [-0.05, 0) is 24.3 Å². The van der Waals surface area contributed by atoms with E-state index in [9.17, 15) is 4.39 Å². The summed E-state index contributed by atoms with van der Waals surface area (Å²) in [5.74, 6) is 0.0535. The number of nitriles is 1. The highest BCUT2D eigenvalue weighted by molar-refractivity contribution is 6.31. The van der Waals surface area contributed by atoms with Gasteiger partial charge in [-0.3, -0.25) is 0 Å². The zero-order chi connectivity index (χ0) is 13.1. The molecule has 1 aromatic heterocycles. The minimum atomic E-state index is -0.414. The fraction of sp³-hybridized carbons (Fsp3) is 0.0769. The molecule has 0 aliphatic carbocycles. The number of halogens is 2. The molecule has 0 atom stereocenters. The van der Waals surface area contributed by atoms with E-state index in [0.29, 0.717) is 16.9 Å². The molecular weight excluding hydrogens is 255 g/mol. The lowest BCUT2D eigenvalue weighted by Gasteiger charge is -2.10. The van der Waals surface area contributed by atoms with Gasteiger partial charge in [0.15, 0.2) is 0 Å². The van der Waals surface area contributed by atoms with E-state index < -0.39 is 5.82 Å². The van der Waals surface area contributed by atoms with Crippen LogP contribution < -0.4 is 4.74 Å². The first kappa shape index (κ1) is 12.3. The van der Waals surface area contributed by atoms with Gasteiger partial charge in [0.2, 0.25) is 0 Å². The quantitative estimate of drug-likeness (QED) is 0.779. The number of pyridine rings is 1. The molecule has 0 unspecified atom stereocenters. The monoisotopic (exact) mass is 262 g/mol. The molecule has 0 saturated carbocycles. The van der Waals surface area contributed by atoms with E-state index in [1.165, 1.54) is 31.5 Å². The third-order valence-corrected chi connectivity index (χ3v) is 2.75. The van der Waals surface area contributed by atoms with Crippen LogP contribution in [0.3, 0.4) is 0 Å². The Morgan fingerprint density at radius 1 is 1.33 bits per heavy atom. The van der Waals surface area contributed by atoms with Crippen LogP contribution in [-0.2, 0) is 0 Å². The van der Waals surface area contributed by atoms with Crippen molar-refractivity contribution in [3.8, 4) is 22.9 Å². The van der Waals surface area contributed by atoms with Crippen LogP contribution in [0.25, 0.3) is 11.1 Å². The van der Waals surface area contributed by atoms with E-state index in [2.05, 4.69) is 4.98 Å². The van der Waals surface area contributed by atoms with E-state index in [-0.39, 0.29) is 10.7 Å². The summed E-state index contributed by atoms with van der Waals surface area (Å²) in [4.78, 5) is 3.82. The lowest BCUT2D eigenvalue weighted by atomic mass is 10.0. The third kappa shape index (κ3) is 2.13. The molecule has 0 fully saturated rings. The number of nitrogens with zero attached hydrogens (tertiary/aromatic N) is 2. The van der Waals surface area contributed by atoms with Crippen LogP contribution in [0.2, 0.25) is 5.15 Å². The summed E-state index contributed by atoms with van der Waals surface area (Å²) in [7, 11) is 1.48. The molecule has 0 aliphatic heterocycles. The Labute approximate surface area is 108 Å². The average molecular weight is 263 g/mol. The number of rotatable bonds is 2.